The van der Waals surface area contributed by atoms with Crippen LogP contribution in [0.5, 0.6) is 0 Å². The van der Waals surface area contributed by atoms with Gasteiger partial charge in [0, 0.05) is 19.0 Å². The Morgan fingerprint density at radius 1 is 1.46 bits per heavy atom. The van der Waals surface area contributed by atoms with Crippen molar-refractivity contribution in [2.75, 3.05) is 26.2 Å². The van der Waals surface area contributed by atoms with Crippen LogP contribution in [0, 0.1) is 5.92 Å². The summed E-state index contributed by atoms with van der Waals surface area (Å²) < 4.78 is 4.78. The smallest absolute Gasteiger partial charge is 0.320 e. The van der Waals surface area contributed by atoms with Crippen LogP contribution in [0.1, 0.15) is 13.8 Å². The molecule has 0 aromatic rings. The highest BCUT2D eigenvalue weighted by molar-refractivity contribution is 5.80. The first-order valence-corrected chi connectivity index (χ1v) is 4.52. The highest BCUT2D eigenvalue weighted by atomic mass is 16.5. The molecule has 1 aliphatic rings. The number of rotatable bonds is 4. The number of Topliss-reactive ketones (excluding diaryl/α,β-unsaturated/α-hetero) is 1. The van der Waals surface area contributed by atoms with Gasteiger partial charge in [-0.2, -0.15) is 0 Å². The third-order valence-electron chi connectivity index (χ3n) is 2.19. The Hall–Kier alpha value is -0.900. The molecule has 0 aromatic heterocycles. The molecule has 0 atom stereocenters. The molecule has 0 unspecified atom stereocenters. The molecule has 4 nitrogen and oxygen atoms in total. The maximum atomic E-state index is 11.0. The molecule has 0 saturated carbocycles. The number of hydrogen-bond donors (Lipinski definition) is 0. The van der Waals surface area contributed by atoms with E-state index in [0.29, 0.717) is 26.2 Å². The van der Waals surface area contributed by atoms with Crippen LogP contribution >= 0.6 is 0 Å². The van der Waals surface area contributed by atoms with Gasteiger partial charge in [-0.15, -0.1) is 0 Å². The summed E-state index contributed by atoms with van der Waals surface area (Å²) in [7, 11) is 0. The fraction of sp³-hybridized carbons (Fsp3) is 0.778. The molecule has 0 amide bonds. The molecule has 74 valence electrons. The van der Waals surface area contributed by atoms with Gasteiger partial charge in [0.15, 0.2) is 0 Å². The van der Waals surface area contributed by atoms with Crippen LogP contribution in [-0.4, -0.2) is 42.9 Å². The topological polar surface area (TPSA) is 46.6 Å². The number of ether oxygens (including phenoxy) is 1. The Labute approximate surface area is 77.8 Å². The van der Waals surface area contributed by atoms with Crippen molar-refractivity contribution >= 4 is 11.8 Å². The van der Waals surface area contributed by atoms with Crippen LogP contribution in [0.4, 0.5) is 0 Å². The van der Waals surface area contributed by atoms with E-state index in [1.807, 2.05) is 4.90 Å². The number of carbonyl (C=O) groups is 2. The zero-order valence-electron chi connectivity index (χ0n) is 8.08. The summed E-state index contributed by atoms with van der Waals surface area (Å²) in [6.07, 6.45) is 0. The van der Waals surface area contributed by atoms with Gasteiger partial charge in [-0.25, -0.2) is 0 Å². The molecule has 1 saturated heterocycles. The molecular formula is C9H15NO3. The molecule has 0 radical (unpaired) electrons. The average molecular weight is 185 g/mol. The first kappa shape index (κ1) is 10.2. The van der Waals surface area contributed by atoms with Gasteiger partial charge in [-0.1, -0.05) is 0 Å². The Bertz CT molecular complexity index is 209. The van der Waals surface area contributed by atoms with Crippen LogP contribution in [0.2, 0.25) is 0 Å². The summed E-state index contributed by atoms with van der Waals surface area (Å²) in [5.74, 6) is 0.138. The molecule has 1 fully saturated rings. The second kappa shape index (κ2) is 4.37. The predicted octanol–water partition coefficient (Wildman–Crippen LogP) is 0.0703. The monoisotopic (exact) mass is 185 g/mol. The summed E-state index contributed by atoms with van der Waals surface area (Å²) in [6.45, 7) is 5.52. The maximum Gasteiger partial charge on any atom is 0.320 e. The van der Waals surface area contributed by atoms with Crippen molar-refractivity contribution in [1.82, 2.24) is 4.90 Å². The molecule has 1 rings (SSSR count). The second-order valence-electron chi connectivity index (χ2n) is 3.31. The minimum atomic E-state index is -0.204. The van der Waals surface area contributed by atoms with Crippen molar-refractivity contribution in [3.8, 4) is 0 Å². The largest absolute Gasteiger partial charge is 0.465 e. The van der Waals surface area contributed by atoms with E-state index in [9.17, 15) is 9.59 Å². The lowest BCUT2D eigenvalue weighted by atomic mass is 9.96. The van der Waals surface area contributed by atoms with Gasteiger partial charge in [-0.3, -0.25) is 14.5 Å². The third kappa shape index (κ3) is 2.81. The van der Waals surface area contributed by atoms with Crippen molar-refractivity contribution in [3.05, 3.63) is 0 Å². The molecule has 0 N–H and O–H groups in total. The van der Waals surface area contributed by atoms with E-state index in [4.69, 9.17) is 4.74 Å². The second-order valence-corrected chi connectivity index (χ2v) is 3.31. The Morgan fingerprint density at radius 3 is 2.54 bits per heavy atom. The maximum absolute atomic E-state index is 11.0. The average Bonchev–Trinajstić information content (AvgIpc) is 1.95. The lowest BCUT2D eigenvalue weighted by molar-refractivity contribution is -0.147. The van der Waals surface area contributed by atoms with E-state index in [2.05, 4.69) is 0 Å². The van der Waals surface area contributed by atoms with E-state index in [0.717, 1.165) is 0 Å². The molecule has 0 aromatic carbocycles. The van der Waals surface area contributed by atoms with Crippen molar-refractivity contribution in [3.63, 3.8) is 0 Å². The number of likely N-dealkylation sites (tertiary alicyclic amines) is 1. The molecule has 0 bridgehead atoms. The lowest BCUT2D eigenvalue weighted by Crippen LogP contribution is -2.51. The summed E-state index contributed by atoms with van der Waals surface area (Å²) in [6, 6.07) is 0. The third-order valence-corrected chi connectivity index (χ3v) is 2.19. The summed E-state index contributed by atoms with van der Waals surface area (Å²) in [5.41, 5.74) is 0. The van der Waals surface area contributed by atoms with E-state index >= 15 is 0 Å². The van der Waals surface area contributed by atoms with Crippen LogP contribution < -0.4 is 0 Å². The molecule has 13 heavy (non-hydrogen) atoms. The molecule has 4 heteroatoms. The van der Waals surface area contributed by atoms with Gasteiger partial charge in [0.1, 0.15) is 5.78 Å². The van der Waals surface area contributed by atoms with E-state index in [-0.39, 0.29) is 17.7 Å². The van der Waals surface area contributed by atoms with Crippen LogP contribution in [-0.2, 0) is 14.3 Å². The van der Waals surface area contributed by atoms with Crippen molar-refractivity contribution in [2.45, 2.75) is 13.8 Å². The fourth-order valence-corrected chi connectivity index (χ4v) is 1.35. The van der Waals surface area contributed by atoms with Crippen molar-refractivity contribution in [2.24, 2.45) is 5.92 Å². The first-order chi connectivity index (χ1) is 6.13. The molecule has 1 aliphatic heterocycles. The summed E-state index contributed by atoms with van der Waals surface area (Å²) in [5, 5.41) is 0. The Kier molecular flexibility index (Phi) is 3.42. The number of esters is 1. The van der Waals surface area contributed by atoms with E-state index in [1.54, 1.807) is 13.8 Å². The van der Waals surface area contributed by atoms with Crippen molar-refractivity contribution < 1.29 is 14.3 Å². The van der Waals surface area contributed by atoms with Crippen molar-refractivity contribution in [1.29, 1.82) is 0 Å². The molecule has 1 heterocycles. The quantitative estimate of drug-likeness (QED) is 0.581. The van der Waals surface area contributed by atoms with E-state index in [1.165, 1.54) is 0 Å². The van der Waals surface area contributed by atoms with Gasteiger partial charge < -0.3 is 4.74 Å². The normalized spacial score (nSPS) is 18.0. The van der Waals surface area contributed by atoms with Crippen LogP contribution in [0.3, 0.4) is 0 Å². The van der Waals surface area contributed by atoms with Gasteiger partial charge >= 0.3 is 5.97 Å². The highest BCUT2D eigenvalue weighted by Crippen LogP contribution is 2.15. The van der Waals surface area contributed by atoms with Gasteiger partial charge in [0.05, 0.1) is 13.2 Å². The fourth-order valence-electron chi connectivity index (χ4n) is 1.35. The number of ketones is 1. The SMILES string of the molecule is CCOC(=O)CN1CC(C(C)=O)C1. The number of nitrogens with zero attached hydrogens (tertiary/aromatic N) is 1. The summed E-state index contributed by atoms with van der Waals surface area (Å²) >= 11 is 0. The van der Waals surface area contributed by atoms with E-state index < -0.39 is 0 Å². The Morgan fingerprint density at radius 2 is 2.08 bits per heavy atom. The number of carbonyl (C=O) groups excluding carboxylic acids is 2. The lowest BCUT2D eigenvalue weighted by Gasteiger charge is -2.36. The van der Waals surface area contributed by atoms with Gasteiger partial charge in [0.25, 0.3) is 0 Å². The molecular weight excluding hydrogens is 170 g/mol. The standard InChI is InChI=1S/C9H15NO3/c1-3-13-9(12)6-10-4-8(5-10)7(2)11/h8H,3-6H2,1-2H3. The van der Waals surface area contributed by atoms with Gasteiger partial charge in [-0.05, 0) is 13.8 Å². The zero-order chi connectivity index (χ0) is 9.84. The Balaban J connectivity index is 2.14. The molecule has 0 aliphatic carbocycles. The highest BCUT2D eigenvalue weighted by Gasteiger charge is 2.31. The number of hydrogen-bond acceptors (Lipinski definition) is 4. The van der Waals surface area contributed by atoms with Crippen LogP contribution in [0.15, 0.2) is 0 Å². The van der Waals surface area contributed by atoms with Crippen LogP contribution in [0.25, 0.3) is 0 Å². The zero-order valence-corrected chi connectivity index (χ0v) is 8.08. The minimum absolute atomic E-state index is 0.134. The molecule has 0 spiro atoms. The summed E-state index contributed by atoms with van der Waals surface area (Å²) in [4.78, 5) is 23.7. The first-order valence-electron chi connectivity index (χ1n) is 4.52. The van der Waals surface area contributed by atoms with Gasteiger partial charge in [0.2, 0.25) is 0 Å². The predicted molar refractivity (Wildman–Crippen MR) is 47.2 cm³/mol. The minimum Gasteiger partial charge on any atom is -0.465 e.